The number of nitrogens with zero attached hydrogens (tertiary/aromatic N) is 4. The van der Waals surface area contributed by atoms with Gasteiger partial charge in [0.1, 0.15) is 0 Å². The van der Waals surface area contributed by atoms with Crippen molar-refractivity contribution in [2.75, 3.05) is 0 Å². The van der Waals surface area contributed by atoms with Crippen molar-refractivity contribution in [2.45, 2.75) is 0 Å². The molecule has 0 aliphatic carbocycles. The van der Waals surface area contributed by atoms with Gasteiger partial charge < -0.3 is 9.13 Å². The second kappa shape index (κ2) is 12.5. The molecule has 4 heteroatoms. The maximum Gasteiger partial charge on any atom is 0.0992 e. The summed E-state index contributed by atoms with van der Waals surface area (Å²) in [5, 5.41) is 24.3. The molecule has 0 aliphatic heterocycles. The summed E-state index contributed by atoms with van der Waals surface area (Å²) in [4.78, 5) is 0. The highest BCUT2D eigenvalue weighted by Gasteiger charge is 2.18. The molecule has 0 amide bonds. The van der Waals surface area contributed by atoms with Gasteiger partial charge in [-0.05, 0) is 106 Å². The van der Waals surface area contributed by atoms with E-state index in [2.05, 4.69) is 179 Å². The van der Waals surface area contributed by atoms with Crippen molar-refractivity contribution in [1.82, 2.24) is 9.13 Å². The largest absolute Gasteiger partial charge is 0.309 e. The maximum absolute atomic E-state index is 9.84. The normalized spacial score (nSPS) is 11.3. The van der Waals surface area contributed by atoms with E-state index in [1.54, 1.807) is 6.07 Å². The van der Waals surface area contributed by atoms with Crippen LogP contribution in [0, 0.1) is 22.7 Å². The average Bonchev–Trinajstić information content (AvgIpc) is 3.75. The first-order valence-electron chi connectivity index (χ1n) is 18.0. The molecular weight excluding hydrogens is 657 g/mol. The van der Waals surface area contributed by atoms with E-state index >= 15 is 0 Å². The van der Waals surface area contributed by atoms with Crippen molar-refractivity contribution in [1.29, 1.82) is 10.5 Å². The summed E-state index contributed by atoms with van der Waals surface area (Å²) in [6.07, 6.45) is 0. The molecule has 250 valence electrons. The van der Waals surface area contributed by atoms with Gasteiger partial charge in [0.25, 0.3) is 0 Å². The molecule has 0 saturated heterocycles. The lowest BCUT2D eigenvalue weighted by Gasteiger charge is -2.10. The number of para-hydroxylation sites is 1. The number of hydrogen-bond acceptors (Lipinski definition) is 2. The Hall–Kier alpha value is -7.66. The fraction of sp³-hybridized carbons (Fsp3) is 0. The van der Waals surface area contributed by atoms with Crippen molar-refractivity contribution in [3.63, 3.8) is 0 Å². The van der Waals surface area contributed by atoms with E-state index in [1.807, 2.05) is 18.2 Å². The molecule has 2 heterocycles. The molecule has 0 aliphatic rings. The molecule has 0 atom stereocenters. The Kier molecular flexibility index (Phi) is 7.22. The topological polar surface area (TPSA) is 57.4 Å². The van der Waals surface area contributed by atoms with Crippen LogP contribution >= 0.6 is 0 Å². The maximum atomic E-state index is 9.84. The van der Waals surface area contributed by atoms with Gasteiger partial charge in [-0.1, -0.05) is 109 Å². The summed E-state index contributed by atoms with van der Waals surface area (Å²) in [6, 6.07) is 68.2. The highest BCUT2D eigenvalue weighted by Crippen LogP contribution is 2.40. The Morgan fingerprint density at radius 3 is 1.20 bits per heavy atom. The van der Waals surface area contributed by atoms with Crippen molar-refractivity contribution in [3.05, 3.63) is 193 Å². The highest BCUT2D eigenvalue weighted by atomic mass is 15.0. The third-order valence-corrected chi connectivity index (χ3v) is 10.5. The van der Waals surface area contributed by atoms with Crippen LogP contribution in [-0.4, -0.2) is 9.13 Å². The van der Waals surface area contributed by atoms with Crippen LogP contribution in [0.1, 0.15) is 11.1 Å². The number of nitriles is 2. The lowest BCUT2D eigenvalue weighted by Crippen LogP contribution is -1.96. The number of rotatable bonds is 5. The van der Waals surface area contributed by atoms with Gasteiger partial charge in [0.2, 0.25) is 0 Å². The van der Waals surface area contributed by atoms with Crippen LogP contribution in [0.4, 0.5) is 0 Å². The van der Waals surface area contributed by atoms with E-state index in [0.29, 0.717) is 11.1 Å². The summed E-state index contributed by atoms with van der Waals surface area (Å²) < 4.78 is 4.54. The predicted octanol–water partition coefficient (Wildman–Crippen LogP) is 12.6. The molecule has 10 aromatic rings. The minimum atomic E-state index is 0.453. The second-order valence-electron chi connectivity index (χ2n) is 13.7. The quantitative estimate of drug-likeness (QED) is 0.181. The summed E-state index contributed by atoms with van der Waals surface area (Å²) in [5.74, 6) is 0. The van der Waals surface area contributed by atoms with Crippen LogP contribution in [0.15, 0.2) is 182 Å². The van der Waals surface area contributed by atoms with Crippen LogP contribution in [0.25, 0.3) is 88.4 Å². The SMILES string of the molecule is N#Cc1cc(C#N)cc(-n2c3ccc(-c4ccccc4)cc3c3cc(-c4ccc5c6cc(-c7ccccc7)ccc6n(-c6ccccc6)c5c4)ccc32)c1. The Morgan fingerprint density at radius 2 is 0.704 bits per heavy atom. The minimum absolute atomic E-state index is 0.453. The molecule has 0 fully saturated rings. The molecule has 4 nitrogen and oxygen atoms in total. The van der Waals surface area contributed by atoms with Crippen LogP contribution in [-0.2, 0) is 0 Å². The standard InChI is InChI=1S/C50H30N4/c51-31-33-24-34(32-52)26-42(25-33)54-48-22-18-38(36-12-6-2-7-13-36)28-45(48)46-29-39(19-23-49(46)54)40-16-20-43-44-27-37(35-10-4-1-5-11-35)17-21-47(44)53(50(43)30-40)41-14-8-3-9-15-41/h1-30H. The van der Waals surface area contributed by atoms with Crippen molar-refractivity contribution in [2.24, 2.45) is 0 Å². The Morgan fingerprint density at radius 1 is 0.296 bits per heavy atom. The zero-order valence-corrected chi connectivity index (χ0v) is 29.1. The van der Waals surface area contributed by atoms with Gasteiger partial charge >= 0.3 is 0 Å². The van der Waals surface area contributed by atoms with Crippen LogP contribution in [0.2, 0.25) is 0 Å². The molecule has 0 saturated carbocycles. The van der Waals surface area contributed by atoms with E-state index in [4.69, 9.17) is 0 Å². The molecule has 0 spiro atoms. The van der Waals surface area contributed by atoms with E-state index in [-0.39, 0.29) is 0 Å². The predicted molar refractivity (Wildman–Crippen MR) is 221 cm³/mol. The summed E-state index contributed by atoms with van der Waals surface area (Å²) in [6.45, 7) is 0. The third-order valence-electron chi connectivity index (χ3n) is 10.5. The van der Waals surface area contributed by atoms with E-state index in [1.165, 1.54) is 21.9 Å². The van der Waals surface area contributed by atoms with Crippen LogP contribution < -0.4 is 0 Å². The highest BCUT2D eigenvalue weighted by molar-refractivity contribution is 6.13. The Labute approximate surface area is 312 Å². The Bertz CT molecular complexity index is 3120. The lowest BCUT2D eigenvalue weighted by molar-refractivity contribution is 1.17. The van der Waals surface area contributed by atoms with Gasteiger partial charge in [-0.25, -0.2) is 0 Å². The van der Waals surface area contributed by atoms with E-state index < -0.39 is 0 Å². The van der Waals surface area contributed by atoms with Crippen molar-refractivity contribution >= 4 is 43.6 Å². The fourth-order valence-electron chi connectivity index (χ4n) is 8.03. The van der Waals surface area contributed by atoms with E-state index in [0.717, 1.165) is 66.5 Å². The monoisotopic (exact) mass is 686 g/mol. The summed E-state index contributed by atoms with van der Waals surface area (Å²) in [7, 11) is 0. The molecule has 0 N–H and O–H groups in total. The zero-order valence-electron chi connectivity index (χ0n) is 29.1. The molecule has 10 rings (SSSR count). The first kappa shape index (κ1) is 31.1. The molecule has 0 radical (unpaired) electrons. The average molecular weight is 687 g/mol. The van der Waals surface area contributed by atoms with Gasteiger partial charge in [-0.2, -0.15) is 10.5 Å². The number of aromatic nitrogens is 2. The van der Waals surface area contributed by atoms with Crippen LogP contribution in [0.5, 0.6) is 0 Å². The molecule has 2 aromatic heterocycles. The van der Waals surface area contributed by atoms with Gasteiger partial charge in [0, 0.05) is 32.9 Å². The van der Waals surface area contributed by atoms with Crippen molar-refractivity contribution in [3.8, 4) is 56.9 Å². The minimum Gasteiger partial charge on any atom is -0.309 e. The number of benzene rings is 8. The number of hydrogen-bond donors (Lipinski definition) is 0. The number of fused-ring (bicyclic) bond motifs is 6. The molecule has 0 unspecified atom stereocenters. The van der Waals surface area contributed by atoms with Crippen LogP contribution in [0.3, 0.4) is 0 Å². The smallest absolute Gasteiger partial charge is 0.0992 e. The lowest BCUT2D eigenvalue weighted by atomic mass is 9.99. The summed E-state index contributed by atoms with van der Waals surface area (Å²) in [5.41, 5.74) is 14.0. The Balaban J connectivity index is 1.21. The molecule has 0 bridgehead atoms. The van der Waals surface area contributed by atoms with Gasteiger partial charge in [0.15, 0.2) is 0 Å². The first-order chi connectivity index (χ1) is 26.7. The van der Waals surface area contributed by atoms with Gasteiger partial charge in [-0.15, -0.1) is 0 Å². The van der Waals surface area contributed by atoms with Crippen molar-refractivity contribution < 1.29 is 0 Å². The summed E-state index contributed by atoms with van der Waals surface area (Å²) >= 11 is 0. The fourth-order valence-corrected chi connectivity index (χ4v) is 8.03. The van der Waals surface area contributed by atoms with E-state index in [9.17, 15) is 10.5 Å². The third kappa shape index (κ3) is 5.06. The van der Waals surface area contributed by atoms with Gasteiger partial charge in [0.05, 0.1) is 45.3 Å². The zero-order chi connectivity index (χ0) is 36.2. The second-order valence-corrected chi connectivity index (χ2v) is 13.7. The molecular formula is C50H30N4. The molecule has 8 aromatic carbocycles. The molecule has 54 heavy (non-hydrogen) atoms. The van der Waals surface area contributed by atoms with Gasteiger partial charge in [-0.3, -0.25) is 0 Å². The first-order valence-corrected chi connectivity index (χ1v) is 18.0.